The van der Waals surface area contributed by atoms with E-state index < -0.39 is 18.0 Å². The van der Waals surface area contributed by atoms with Gasteiger partial charge in [0, 0.05) is 11.1 Å². The third-order valence-electron chi connectivity index (χ3n) is 6.96. The van der Waals surface area contributed by atoms with Gasteiger partial charge >= 0.3 is 11.9 Å². The number of methoxy groups -OCH3 is 2. The fourth-order valence-electron chi connectivity index (χ4n) is 4.98. The van der Waals surface area contributed by atoms with E-state index in [1.54, 1.807) is 57.4 Å². The number of esters is 2. The van der Waals surface area contributed by atoms with E-state index in [0.29, 0.717) is 43.2 Å². The molecule has 0 fully saturated rings. The van der Waals surface area contributed by atoms with E-state index >= 15 is 0 Å². The third kappa shape index (κ3) is 6.53. The van der Waals surface area contributed by atoms with Crippen LogP contribution < -0.4 is 29.1 Å². The standard InChI is InChI=1S/C34H32N2O8S/c1-5-42-27(37)20-44-31-23(13-10-14-25(31)41-4)19-26-32(38)36-30(22-15-17-24(40-3)18-16-22)28(33(39)43-6-2)29(35-34(36)45-26)21-11-8-7-9-12-21/h7-19,30H,5-6,20H2,1-4H3/b26-19-/t30-/m0/s1. The van der Waals surface area contributed by atoms with Gasteiger partial charge in [0.05, 0.1) is 49.3 Å². The van der Waals surface area contributed by atoms with Crippen LogP contribution in [0.3, 0.4) is 0 Å². The number of para-hydroxylation sites is 1. The molecule has 1 atom stereocenters. The number of carbonyl (C=O) groups is 2. The van der Waals surface area contributed by atoms with Crippen molar-refractivity contribution in [2.75, 3.05) is 34.0 Å². The topological polar surface area (TPSA) is 115 Å². The van der Waals surface area contributed by atoms with Crippen molar-refractivity contribution in [2.45, 2.75) is 19.9 Å². The van der Waals surface area contributed by atoms with Crippen molar-refractivity contribution in [1.29, 1.82) is 0 Å². The van der Waals surface area contributed by atoms with Gasteiger partial charge in [-0.15, -0.1) is 0 Å². The Kier molecular flexibility index (Phi) is 9.79. The van der Waals surface area contributed by atoms with Crippen LogP contribution in [0.1, 0.15) is 36.6 Å². The molecule has 232 valence electrons. The molecule has 5 rings (SSSR count). The zero-order chi connectivity index (χ0) is 31.9. The molecule has 1 aliphatic rings. The number of aromatic nitrogens is 1. The Balaban J connectivity index is 1.75. The molecular formula is C34H32N2O8S. The Bertz CT molecular complexity index is 1910. The van der Waals surface area contributed by atoms with Gasteiger partial charge in [-0.2, -0.15) is 0 Å². The fraction of sp³-hybridized carbons (Fsp3) is 0.235. The highest BCUT2D eigenvalue weighted by Crippen LogP contribution is 2.36. The maximum atomic E-state index is 14.2. The lowest BCUT2D eigenvalue weighted by Crippen LogP contribution is -2.40. The number of benzene rings is 3. The molecule has 0 saturated carbocycles. The van der Waals surface area contributed by atoms with Gasteiger partial charge in [0.25, 0.3) is 5.56 Å². The molecule has 11 heteroatoms. The highest BCUT2D eigenvalue weighted by atomic mass is 32.1. The fourth-order valence-corrected chi connectivity index (χ4v) is 5.97. The average molecular weight is 629 g/mol. The van der Waals surface area contributed by atoms with Crippen LogP contribution in [-0.4, -0.2) is 50.5 Å². The molecule has 0 radical (unpaired) electrons. The molecule has 4 aromatic rings. The molecule has 3 aromatic carbocycles. The van der Waals surface area contributed by atoms with Crippen LogP contribution in [0.2, 0.25) is 0 Å². The number of fused-ring (bicyclic) bond motifs is 1. The van der Waals surface area contributed by atoms with Gasteiger partial charge in [-0.3, -0.25) is 9.36 Å². The Morgan fingerprint density at radius 2 is 1.64 bits per heavy atom. The lowest BCUT2D eigenvalue weighted by Gasteiger charge is -2.26. The Morgan fingerprint density at radius 3 is 2.31 bits per heavy atom. The number of carbonyl (C=O) groups excluding carboxylic acids is 2. The summed E-state index contributed by atoms with van der Waals surface area (Å²) in [6.07, 6.45) is 1.66. The van der Waals surface area contributed by atoms with E-state index in [2.05, 4.69) is 0 Å². The zero-order valence-corrected chi connectivity index (χ0v) is 26.1. The van der Waals surface area contributed by atoms with Gasteiger partial charge in [0.2, 0.25) is 0 Å². The number of hydrogen-bond acceptors (Lipinski definition) is 10. The minimum atomic E-state index is -0.839. The van der Waals surface area contributed by atoms with Gasteiger partial charge < -0.3 is 23.7 Å². The second-order valence-corrected chi connectivity index (χ2v) is 10.7. The van der Waals surface area contributed by atoms with Crippen molar-refractivity contribution in [3.8, 4) is 17.2 Å². The number of nitrogens with zero attached hydrogens (tertiary/aromatic N) is 2. The van der Waals surface area contributed by atoms with Crippen LogP contribution in [0.25, 0.3) is 11.8 Å². The summed E-state index contributed by atoms with van der Waals surface area (Å²) in [7, 11) is 3.06. The first-order valence-electron chi connectivity index (χ1n) is 14.3. The maximum Gasteiger partial charge on any atom is 0.344 e. The van der Waals surface area contributed by atoms with E-state index in [1.807, 2.05) is 42.5 Å². The van der Waals surface area contributed by atoms with Crippen molar-refractivity contribution >= 4 is 35.0 Å². The van der Waals surface area contributed by atoms with E-state index in [-0.39, 0.29) is 36.7 Å². The van der Waals surface area contributed by atoms with E-state index in [1.165, 1.54) is 23.0 Å². The monoisotopic (exact) mass is 628 g/mol. The first-order valence-corrected chi connectivity index (χ1v) is 15.1. The molecule has 0 N–H and O–H groups in total. The normalized spacial score (nSPS) is 14.3. The van der Waals surface area contributed by atoms with Crippen molar-refractivity contribution in [3.05, 3.63) is 115 Å². The van der Waals surface area contributed by atoms with Crippen LogP contribution in [0.4, 0.5) is 0 Å². The molecule has 0 bridgehead atoms. The Hall–Kier alpha value is -5.16. The van der Waals surface area contributed by atoms with E-state index in [4.69, 9.17) is 28.7 Å². The second-order valence-electron chi connectivity index (χ2n) is 9.68. The predicted octanol–water partition coefficient (Wildman–Crippen LogP) is 3.89. The van der Waals surface area contributed by atoms with Crippen molar-refractivity contribution < 1.29 is 33.3 Å². The molecule has 0 unspecified atom stereocenters. The highest BCUT2D eigenvalue weighted by molar-refractivity contribution is 7.07. The minimum absolute atomic E-state index is 0.147. The summed E-state index contributed by atoms with van der Waals surface area (Å²) in [4.78, 5) is 45.2. The van der Waals surface area contributed by atoms with Crippen molar-refractivity contribution in [1.82, 2.24) is 4.57 Å². The molecule has 45 heavy (non-hydrogen) atoms. The number of hydrogen-bond donors (Lipinski definition) is 0. The predicted molar refractivity (Wildman–Crippen MR) is 169 cm³/mol. The Labute approximate surface area is 263 Å². The van der Waals surface area contributed by atoms with E-state index in [0.717, 1.165) is 0 Å². The third-order valence-corrected chi connectivity index (χ3v) is 7.94. The smallest absolute Gasteiger partial charge is 0.344 e. The number of thiazole rings is 1. The SMILES string of the molecule is CCOC(=O)COc1c(/C=c2\sc3n(c2=O)[C@@H](c2ccc(OC)cc2)C(C(=O)OCC)=C(c2ccccc2)N=3)cccc1OC. The first-order chi connectivity index (χ1) is 21.9. The van der Waals surface area contributed by atoms with Crippen LogP contribution in [0.5, 0.6) is 17.2 Å². The largest absolute Gasteiger partial charge is 0.497 e. The lowest BCUT2D eigenvalue weighted by atomic mass is 9.93. The van der Waals surface area contributed by atoms with Crippen LogP contribution in [-0.2, 0) is 19.1 Å². The molecular weight excluding hydrogens is 596 g/mol. The average Bonchev–Trinajstić information content (AvgIpc) is 3.37. The zero-order valence-electron chi connectivity index (χ0n) is 25.3. The second kappa shape index (κ2) is 14.1. The summed E-state index contributed by atoms with van der Waals surface area (Å²) < 4.78 is 29.0. The van der Waals surface area contributed by atoms with Crippen LogP contribution in [0, 0.1) is 0 Å². The van der Waals surface area contributed by atoms with Gasteiger partial charge in [0.15, 0.2) is 22.9 Å². The molecule has 1 aliphatic heterocycles. The lowest BCUT2D eigenvalue weighted by molar-refractivity contribution is -0.145. The molecule has 0 amide bonds. The summed E-state index contributed by atoms with van der Waals surface area (Å²) in [5, 5.41) is 0. The van der Waals surface area contributed by atoms with Gasteiger partial charge in [-0.25, -0.2) is 14.6 Å². The summed E-state index contributed by atoms with van der Waals surface area (Å²) >= 11 is 1.17. The molecule has 2 heterocycles. The van der Waals surface area contributed by atoms with Gasteiger partial charge in [-0.1, -0.05) is 65.9 Å². The quantitative estimate of drug-likeness (QED) is 0.230. The van der Waals surface area contributed by atoms with Crippen LogP contribution in [0.15, 0.2) is 88.2 Å². The molecule has 0 spiro atoms. The van der Waals surface area contributed by atoms with Gasteiger partial charge in [0.1, 0.15) is 5.75 Å². The molecule has 1 aromatic heterocycles. The minimum Gasteiger partial charge on any atom is -0.497 e. The molecule has 10 nitrogen and oxygen atoms in total. The highest BCUT2D eigenvalue weighted by Gasteiger charge is 2.35. The van der Waals surface area contributed by atoms with Crippen molar-refractivity contribution in [2.24, 2.45) is 4.99 Å². The summed E-state index contributed by atoms with van der Waals surface area (Å²) in [6.45, 7) is 3.47. The summed E-state index contributed by atoms with van der Waals surface area (Å²) in [5.41, 5.74) is 2.19. The maximum absolute atomic E-state index is 14.2. The molecule has 0 aliphatic carbocycles. The number of ether oxygens (including phenoxy) is 5. The van der Waals surface area contributed by atoms with Crippen LogP contribution >= 0.6 is 11.3 Å². The first kappa shape index (κ1) is 31.3. The molecule has 0 saturated heterocycles. The number of rotatable bonds is 11. The van der Waals surface area contributed by atoms with Crippen molar-refractivity contribution in [3.63, 3.8) is 0 Å². The van der Waals surface area contributed by atoms with Gasteiger partial charge in [-0.05, 0) is 43.7 Å². The summed E-state index contributed by atoms with van der Waals surface area (Å²) in [6, 6.07) is 20.9. The summed E-state index contributed by atoms with van der Waals surface area (Å²) in [5.74, 6) is 0.186. The Morgan fingerprint density at radius 1 is 0.911 bits per heavy atom. The van der Waals surface area contributed by atoms with E-state index in [9.17, 15) is 14.4 Å².